The third-order valence-electron chi connectivity index (χ3n) is 3.82. The average Bonchev–Trinajstić information content (AvgIpc) is 3.00. The summed E-state index contributed by atoms with van der Waals surface area (Å²) in [6.07, 6.45) is 0. The molecule has 1 aromatic heterocycles. The van der Waals surface area contributed by atoms with Crippen LogP contribution in [0.2, 0.25) is 10.0 Å². The van der Waals surface area contributed by atoms with Gasteiger partial charge >= 0.3 is 0 Å². The second-order valence-corrected chi connectivity index (χ2v) is 6.61. The van der Waals surface area contributed by atoms with E-state index in [1.807, 2.05) is 0 Å². The summed E-state index contributed by atoms with van der Waals surface area (Å²) in [6, 6.07) is 10.6. The summed E-state index contributed by atoms with van der Waals surface area (Å²) in [7, 11) is 0. The van der Waals surface area contributed by atoms with Gasteiger partial charge in [0.05, 0.1) is 21.4 Å². The number of nitrogens with zero attached hydrogens (tertiary/aromatic N) is 3. The first-order valence-corrected chi connectivity index (χ1v) is 8.81. The first kappa shape index (κ1) is 19.8. The Hall–Kier alpha value is -2.97. The molecule has 10 heteroatoms. The summed E-state index contributed by atoms with van der Waals surface area (Å²) in [5.74, 6) is -1.52. The third kappa shape index (κ3) is 4.47. The average molecular weight is 422 g/mol. The fourth-order valence-electron chi connectivity index (χ4n) is 2.37. The number of hydrogen-bond donors (Lipinski definition) is 2. The minimum Gasteiger partial charge on any atom is -0.324 e. The normalized spacial score (nSPS) is 10.6. The largest absolute Gasteiger partial charge is 0.324 e. The van der Waals surface area contributed by atoms with Crippen LogP contribution in [0.5, 0.6) is 0 Å². The molecule has 2 amide bonds. The highest BCUT2D eigenvalue weighted by molar-refractivity contribution is 6.33. The van der Waals surface area contributed by atoms with Crippen LogP contribution in [0.25, 0.3) is 0 Å². The molecule has 28 heavy (non-hydrogen) atoms. The van der Waals surface area contributed by atoms with Crippen LogP contribution in [-0.2, 0) is 11.3 Å². The molecule has 0 bridgehead atoms. The van der Waals surface area contributed by atoms with Gasteiger partial charge in [-0.25, -0.2) is 9.07 Å². The van der Waals surface area contributed by atoms with Crippen molar-refractivity contribution in [3.63, 3.8) is 0 Å². The highest BCUT2D eigenvalue weighted by Crippen LogP contribution is 2.22. The molecule has 0 aliphatic heterocycles. The zero-order valence-corrected chi connectivity index (χ0v) is 16.1. The molecule has 2 N–H and O–H groups in total. The van der Waals surface area contributed by atoms with E-state index in [-0.39, 0.29) is 17.3 Å². The van der Waals surface area contributed by atoms with E-state index in [4.69, 9.17) is 23.2 Å². The topological polar surface area (TPSA) is 88.9 Å². The fourth-order valence-corrected chi connectivity index (χ4v) is 2.74. The monoisotopic (exact) mass is 421 g/mol. The van der Waals surface area contributed by atoms with Crippen LogP contribution in [0.15, 0.2) is 42.5 Å². The molecule has 0 saturated carbocycles. The van der Waals surface area contributed by atoms with Gasteiger partial charge in [0.15, 0.2) is 5.69 Å². The lowest BCUT2D eigenvalue weighted by atomic mass is 10.2. The molecular weight excluding hydrogens is 408 g/mol. The number of anilines is 2. The van der Waals surface area contributed by atoms with E-state index in [1.54, 1.807) is 31.2 Å². The van der Waals surface area contributed by atoms with Crippen LogP contribution < -0.4 is 10.6 Å². The highest BCUT2D eigenvalue weighted by Gasteiger charge is 2.19. The zero-order valence-electron chi connectivity index (χ0n) is 14.5. The lowest BCUT2D eigenvalue weighted by Gasteiger charge is -2.08. The quantitative estimate of drug-likeness (QED) is 0.652. The molecule has 3 rings (SSSR count). The number of halogens is 3. The lowest BCUT2D eigenvalue weighted by molar-refractivity contribution is -0.117. The number of nitrogens with one attached hydrogen (secondary N) is 2. The van der Waals surface area contributed by atoms with E-state index < -0.39 is 17.6 Å². The smallest absolute Gasteiger partial charge is 0.278 e. The van der Waals surface area contributed by atoms with Gasteiger partial charge in [-0.05, 0) is 37.3 Å². The van der Waals surface area contributed by atoms with Crippen LogP contribution in [0, 0.1) is 12.7 Å². The predicted octanol–water partition coefficient (Wildman–Crippen LogP) is 3.92. The molecule has 0 atom stereocenters. The minimum absolute atomic E-state index is 0.0672. The molecule has 0 unspecified atom stereocenters. The Labute approximate surface area is 169 Å². The number of amides is 2. The zero-order chi connectivity index (χ0) is 20.3. The molecule has 1 heterocycles. The van der Waals surface area contributed by atoms with Crippen molar-refractivity contribution in [3.8, 4) is 0 Å². The van der Waals surface area contributed by atoms with Crippen molar-refractivity contribution in [1.29, 1.82) is 0 Å². The summed E-state index contributed by atoms with van der Waals surface area (Å²) in [5, 5.41) is 13.2. The van der Waals surface area contributed by atoms with E-state index in [9.17, 15) is 14.0 Å². The lowest BCUT2D eigenvalue weighted by Crippen LogP contribution is -2.21. The third-order valence-corrected chi connectivity index (χ3v) is 4.44. The van der Waals surface area contributed by atoms with Crippen molar-refractivity contribution in [2.45, 2.75) is 13.5 Å². The van der Waals surface area contributed by atoms with Crippen LogP contribution in [-0.4, -0.2) is 26.8 Å². The molecule has 3 aromatic rings. The van der Waals surface area contributed by atoms with Crippen molar-refractivity contribution in [3.05, 3.63) is 69.7 Å². The van der Waals surface area contributed by atoms with Crippen molar-refractivity contribution < 1.29 is 14.0 Å². The minimum atomic E-state index is -0.582. The van der Waals surface area contributed by atoms with Gasteiger partial charge < -0.3 is 10.6 Å². The number of hydrogen-bond acceptors (Lipinski definition) is 4. The van der Waals surface area contributed by atoms with Crippen LogP contribution >= 0.6 is 23.2 Å². The standard InChI is InChI=1S/C18H14Cl2FN5O2/c1-10-17(18(28)23-15-5-3-2-4-12(15)19)24-25-26(10)9-16(27)22-11-6-7-14(21)13(20)8-11/h2-8H,9H2,1H3,(H,22,27)(H,23,28). The molecule has 144 valence electrons. The van der Waals surface area contributed by atoms with Crippen molar-refractivity contribution >= 4 is 46.4 Å². The Bertz CT molecular complexity index is 1050. The molecule has 0 spiro atoms. The van der Waals surface area contributed by atoms with Gasteiger partial charge in [-0.1, -0.05) is 40.5 Å². The van der Waals surface area contributed by atoms with Gasteiger partial charge in [-0.15, -0.1) is 5.10 Å². The van der Waals surface area contributed by atoms with Crippen molar-refractivity contribution in [1.82, 2.24) is 15.0 Å². The van der Waals surface area contributed by atoms with Crippen LogP contribution in [0.3, 0.4) is 0 Å². The highest BCUT2D eigenvalue weighted by atomic mass is 35.5. The Morgan fingerprint density at radius 2 is 1.86 bits per heavy atom. The maximum absolute atomic E-state index is 13.2. The maximum Gasteiger partial charge on any atom is 0.278 e. The summed E-state index contributed by atoms with van der Waals surface area (Å²) in [5.41, 5.74) is 1.24. The molecule has 7 nitrogen and oxygen atoms in total. The molecule has 0 fully saturated rings. The van der Waals surface area contributed by atoms with Gasteiger partial charge in [0.25, 0.3) is 5.91 Å². The molecule has 0 aliphatic carbocycles. The molecule has 0 saturated heterocycles. The summed E-state index contributed by atoms with van der Waals surface area (Å²) >= 11 is 11.7. The number of rotatable bonds is 5. The van der Waals surface area contributed by atoms with Gasteiger partial charge in [0.2, 0.25) is 5.91 Å². The fraction of sp³-hybridized carbons (Fsp3) is 0.111. The Morgan fingerprint density at radius 1 is 1.11 bits per heavy atom. The summed E-state index contributed by atoms with van der Waals surface area (Å²) < 4.78 is 14.5. The Kier molecular flexibility index (Phi) is 5.91. The number of carbonyl (C=O) groups excluding carboxylic acids is 2. The number of benzene rings is 2. The maximum atomic E-state index is 13.2. The van der Waals surface area contributed by atoms with Gasteiger partial charge in [-0.3, -0.25) is 9.59 Å². The Morgan fingerprint density at radius 3 is 2.57 bits per heavy atom. The van der Waals surface area contributed by atoms with Gasteiger partial charge in [0.1, 0.15) is 12.4 Å². The van der Waals surface area contributed by atoms with Crippen LogP contribution in [0.1, 0.15) is 16.2 Å². The van der Waals surface area contributed by atoms with E-state index in [2.05, 4.69) is 20.9 Å². The predicted molar refractivity (Wildman–Crippen MR) is 104 cm³/mol. The first-order chi connectivity index (χ1) is 13.3. The molecule has 2 aromatic carbocycles. The molecular formula is C18H14Cl2FN5O2. The van der Waals surface area contributed by atoms with Gasteiger partial charge in [0, 0.05) is 5.69 Å². The van der Waals surface area contributed by atoms with Gasteiger partial charge in [-0.2, -0.15) is 0 Å². The van der Waals surface area contributed by atoms with Crippen molar-refractivity contribution in [2.24, 2.45) is 0 Å². The van der Waals surface area contributed by atoms with E-state index in [1.165, 1.54) is 16.8 Å². The van der Waals surface area contributed by atoms with Crippen LogP contribution in [0.4, 0.5) is 15.8 Å². The van der Waals surface area contributed by atoms with E-state index >= 15 is 0 Å². The second-order valence-electron chi connectivity index (χ2n) is 5.79. The summed E-state index contributed by atoms with van der Waals surface area (Å²) in [4.78, 5) is 24.6. The van der Waals surface area contributed by atoms with E-state index in [0.717, 1.165) is 6.07 Å². The number of aromatic nitrogens is 3. The van der Waals surface area contributed by atoms with Crippen molar-refractivity contribution in [2.75, 3.05) is 10.6 Å². The SMILES string of the molecule is Cc1c(C(=O)Nc2ccccc2Cl)nnn1CC(=O)Nc1ccc(F)c(Cl)c1. The number of carbonyl (C=O) groups is 2. The molecule has 0 radical (unpaired) electrons. The van der Waals surface area contributed by atoms with E-state index in [0.29, 0.717) is 22.1 Å². The first-order valence-electron chi connectivity index (χ1n) is 8.06. The summed E-state index contributed by atoms with van der Waals surface area (Å²) in [6.45, 7) is 1.43. The Balaban J connectivity index is 1.68. The second kappa shape index (κ2) is 8.37. The number of para-hydroxylation sites is 1. The molecule has 0 aliphatic rings.